The maximum atomic E-state index is 12.5. The Morgan fingerprint density at radius 2 is 2.08 bits per heavy atom. The number of aliphatic hydroxyl groups excluding tert-OH is 1. The molecule has 1 aromatic heterocycles. The lowest BCUT2D eigenvalue weighted by molar-refractivity contribution is 0.0937. The van der Waals surface area contributed by atoms with Crippen LogP contribution in [0.15, 0.2) is 35.5 Å². The van der Waals surface area contributed by atoms with Crippen molar-refractivity contribution in [2.75, 3.05) is 12.4 Å². The van der Waals surface area contributed by atoms with Crippen molar-refractivity contribution < 1.29 is 9.90 Å². The third-order valence-electron chi connectivity index (χ3n) is 4.53. The molecule has 1 fully saturated rings. The summed E-state index contributed by atoms with van der Waals surface area (Å²) in [5, 5.41) is 20.2. The SMILES string of the molecule is C[C@H](NC(=O)c1ccc(SCCO)cc1)c1nncn1C1CCCC1. The van der Waals surface area contributed by atoms with Gasteiger partial charge in [0.25, 0.3) is 5.91 Å². The first-order valence-electron chi connectivity index (χ1n) is 8.73. The Morgan fingerprint density at radius 3 is 2.76 bits per heavy atom. The van der Waals surface area contributed by atoms with Gasteiger partial charge < -0.3 is 15.0 Å². The number of rotatable bonds is 7. The van der Waals surface area contributed by atoms with Crippen molar-refractivity contribution in [3.63, 3.8) is 0 Å². The second-order valence-electron chi connectivity index (χ2n) is 6.33. The highest BCUT2D eigenvalue weighted by atomic mass is 32.2. The average molecular weight is 360 g/mol. The van der Waals surface area contributed by atoms with Crippen molar-refractivity contribution in [3.8, 4) is 0 Å². The molecule has 1 aromatic carbocycles. The number of amides is 1. The number of carbonyl (C=O) groups is 1. The van der Waals surface area contributed by atoms with Gasteiger partial charge in [0.1, 0.15) is 6.33 Å². The third kappa shape index (κ3) is 4.41. The maximum absolute atomic E-state index is 12.5. The van der Waals surface area contributed by atoms with E-state index in [0.29, 0.717) is 17.4 Å². The van der Waals surface area contributed by atoms with Gasteiger partial charge in [0, 0.05) is 22.3 Å². The van der Waals surface area contributed by atoms with Gasteiger partial charge in [0.05, 0.1) is 12.6 Å². The normalized spacial score (nSPS) is 16.1. The van der Waals surface area contributed by atoms with Crippen molar-refractivity contribution in [2.45, 2.75) is 49.6 Å². The number of thioether (sulfide) groups is 1. The second-order valence-corrected chi connectivity index (χ2v) is 7.49. The number of carbonyl (C=O) groups excluding carboxylic acids is 1. The zero-order chi connectivity index (χ0) is 17.6. The molecule has 0 unspecified atom stereocenters. The zero-order valence-electron chi connectivity index (χ0n) is 14.4. The van der Waals surface area contributed by atoms with E-state index >= 15 is 0 Å². The Morgan fingerprint density at radius 1 is 1.36 bits per heavy atom. The molecule has 0 aliphatic heterocycles. The fraction of sp³-hybridized carbons (Fsp3) is 0.500. The summed E-state index contributed by atoms with van der Waals surface area (Å²) < 4.78 is 2.12. The molecule has 2 aromatic rings. The molecule has 1 atom stereocenters. The smallest absolute Gasteiger partial charge is 0.251 e. The van der Waals surface area contributed by atoms with E-state index in [1.165, 1.54) is 12.8 Å². The first-order chi connectivity index (χ1) is 12.2. The predicted octanol–water partition coefficient (Wildman–Crippen LogP) is 2.97. The Bertz CT molecular complexity index is 695. The minimum atomic E-state index is -0.195. The van der Waals surface area contributed by atoms with Crippen LogP contribution in [0.25, 0.3) is 0 Å². The van der Waals surface area contributed by atoms with Crippen molar-refractivity contribution >= 4 is 17.7 Å². The van der Waals surface area contributed by atoms with E-state index in [2.05, 4.69) is 20.1 Å². The van der Waals surface area contributed by atoms with Crippen LogP contribution in [0.3, 0.4) is 0 Å². The maximum Gasteiger partial charge on any atom is 0.251 e. The zero-order valence-corrected chi connectivity index (χ0v) is 15.2. The van der Waals surface area contributed by atoms with E-state index in [4.69, 9.17) is 5.11 Å². The Balaban J connectivity index is 1.63. The monoisotopic (exact) mass is 360 g/mol. The van der Waals surface area contributed by atoms with Crippen molar-refractivity contribution in [1.82, 2.24) is 20.1 Å². The number of nitrogens with one attached hydrogen (secondary N) is 1. The second kappa shape index (κ2) is 8.49. The molecule has 1 heterocycles. The van der Waals surface area contributed by atoms with Gasteiger partial charge >= 0.3 is 0 Å². The van der Waals surface area contributed by atoms with Gasteiger partial charge in [0.2, 0.25) is 0 Å². The molecule has 3 rings (SSSR count). The largest absolute Gasteiger partial charge is 0.396 e. The van der Waals surface area contributed by atoms with E-state index in [9.17, 15) is 4.79 Å². The third-order valence-corrected chi connectivity index (χ3v) is 5.52. The predicted molar refractivity (Wildman–Crippen MR) is 97.7 cm³/mol. The fourth-order valence-corrected chi connectivity index (χ4v) is 3.89. The molecule has 134 valence electrons. The van der Waals surface area contributed by atoms with Crippen LogP contribution in [0.4, 0.5) is 0 Å². The van der Waals surface area contributed by atoms with Gasteiger partial charge in [-0.3, -0.25) is 4.79 Å². The number of aromatic nitrogens is 3. The van der Waals surface area contributed by atoms with E-state index in [1.807, 2.05) is 31.2 Å². The molecule has 1 aliphatic rings. The van der Waals surface area contributed by atoms with Gasteiger partial charge in [-0.25, -0.2) is 0 Å². The highest BCUT2D eigenvalue weighted by Crippen LogP contribution is 2.31. The number of aliphatic hydroxyl groups is 1. The first kappa shape index (κ1) is 17.9. The number of hydrogen-bond acceptors (Lipinski definition) is 5. The quantitative estimate of drug-likeness (QED) is 0.742. The molecule has 2 N–H and O–H groups in total. The van der Waals surface area contributed by atoms with E-state index in [-0.39, 0.29) is 18.6 Å². The van der Waals surface area contributed by atoms with Crippen LogP contribution < -0.4 is 5.32 Å². The molecule has 1 aliphatic carbocycles. The molecular weight excluding hydrogens is 336 g/mol. The summed E-state index contributed by atoms with van der Waals surface area (Å²) in [6.45, 7) is 2.09. The lowest BCUT2D eigenvalue weighted by atomic mass is 10.2. The molecule has 0 spiro atoms. The topological polar surface area (TPSA) is 80.0 Å². The Kier molecular flexibility index (Phi) is 6.09. The van der Waals surface area contributed by atoms with Crippen molar-refractivity contribution in [2.24, 2.45) is 0 Å². The van der Waals surface area contributed by atoms with Gasteiger partial charge in [-0.05, 0) is 44.0 Å². The van der Waals surface area contributed by atoms with E-state index in [1.54, 1.807) is 18.1 Å². The lowest BCUT2D eigenvalue weighted by Gasteiger charge is -2.18. The van der Waals surface area contributed by atoms with Crippen LogP contribution in [0.5, 0.6) is 0 Å². The van der Waals surface area contributed by atoms with Gasteiger partial charge in [-0.15, -0.1) is 22.0 Å². The summed E-state index contributed by atoms with van der Waals surface area (Å²) in [6.07, 6.45) is 6.56. The molecule has 0 bridgehead atoms. The van der Waals surface area contributed by atoms with Crippen LogP contribution in [0.2, 0.25) is 0 Å². The van der Waals surface area contributed by atoms with Crippen LogP contribution in [0.1, 0.15) is 60.9 Å². The van der Waals surface area contributed by atoms with Crippen LogP contribution in [0, 0.1) is 0 Å². The lowest BCUT2D eigenvalue weighted by Crippen LogP contribution is -2.29. The van der Waals surface area contributed by atoms with Gasteiger partial charge in [-0.1, -0.05) is 12.8 Å². The summed E-state index contributed by atoms with van der Waals surface area (Å²) in [5.74, 6) is 1.35. The first-order valence-corrected chi connectivity index (χ1v) is 9.71. The fourth-order valence-electron chi connectivity index (χ4n) is 3.24. The summed E-state index contributed by atoms with van der Waals surface area (Å²) in [7, 11) is 0. The molecule has 0 radical (unpaired) electrons. The van der Waals surface area contributed by atoms with Crippen LogP contribution in [-0.4, -0.2) is 38.1 Å². The highest BCUT2D eigenvalue weighted by molar-refractivity contribution is 7.99. The number of benzene rings is 1. The van der Waals surface area contributed by atoms with Crippen molar-refractivity contribution in [1.29, 1.82) is 0 Å². The van der Waals surface area contributed by atoms with Crippen LogP contribution >= 0.6 is 11.8 Å². The molecular formula is C18H24N4O2S. The highest BCUT2D eigenvalue weighted by Gasteiger charge is 2.23. The minimum absolute atomic E-state index is 0.118. The molecule has 6 nitrogen and oxygen atoms in total. The molecule has 1 amide bonds. The van der Waals surface area contributed by atoms with Crippen LogP contribution in [-0.2, 0) is 0 Å². The summed E-state index contributed by atoms with van der Waals surface area (Å²) in [5.41, 5.74) is 0.618. The minimum Gasteiger partial charge on any atom is -0.396 e. The average Bonchev–Trinajstić information content (AvgIpc) is 3.31. The van der Waals surface area contributed by atoms with Crippen molar-refractivity contribution in [3.05, 3.63) is 42.0 Å². The van der Waals surface area contributed by atoms with E-state index < -0.39 is 0 Å². The number of nitrogens with zero attached hydrogens (tertiary/aromatic N) is 3. The summed E-state index contributed by atoms with van der Waals surface area (Å²) in [6, 6.07) is 7.68. The summed E-state index contributed by atoms with van der Waals surface area (Å²) in [4.78, 5) is 13.5. The standard InChI is InChI=1S/C18H24N4O2S/c1-13(17-21-19-12-22(17)15-4-2-3-5-15)20-18(24)14-6-8-16(9-7-14)25-11-10-23/h6-9,12-13,15,23H,2-5,10-11H2,1H3,(H,20,24)/t13-/m0/s1. The van der Waals surface area contributed by atoms with E-state index in [0.717, 1.165) is 23.6 Å². The van der Waals surface area contributed by atoms with Gasteiger partial charge in [-0.2, -0.15) is 0 Å². The van der Waals surface area contributed by atoms with Gasteiger partial charge in [0.15, 0.2) is 5.82 Å². The molecule has 1 saturated carbocycles. The number of hydrogen-bond donors (Lipinski definition) is 2. The molecule has 7 heteroatoms. The Labute approximate surface area is 152 Å². The summed E-state index contributed by atoms with van der Waals surface area (Å²) >= 11 is 1.57. The molecule has 0 saturated heterocycles. The molecule has 25 heavy (non-hydrogen) atoms. The Hall–Kier alpha value is -1.86.